The lowest BCUT2D eigenvalue weighted by Crippen LogP contribution is -2.14. The van der Waals surface area contributed by atoms with E-state index in [4.69, 9.17) is 4.74 Å². The Kier molecular flexibility index (Phi) is 8.67. The first-order valence-corrected chi connectivity index (χ1v) is 5.09. The van der Waals surface area contributed by atoms with Gasteiger partial charge in [-0.1, -0.05) is 13.0 Å². The summed E-state index contributed by atoms with van der Waals surface area (Å²) in [5.41, 5.74) is 0. The first-order chi connectivity index (χ1) is 7.20. The van der Waals surface area contributed by atoms with Crippen LogP contribution in [0.3, 0.4) is 0 Å². The third-order valence-corrected chi connectivity index (χ3v) is 1.78. The number of methoxy groups -OCH3 is 1. The third kappa shape index (κ3) is 9.15. The van der Waals surface area contributed by atoms with Crippen LogP contribution in [0, 0.1) is 5.92 Å². The number of nitrogens with zero attached hydrogens (tertiary/aromatic N) is 3. The van der Waals surface area contributed by atoms with Gasteiger partial charge in [0.1, 0.15) is 6.73 Å². The Morgan fingerprint density at radius 2 is 2.20 bits per heavy atom. The molecule has 15 heavy (non-hydrogen) atoms. The zero-order valence-corrected chi connectivity index (χ0v) is 10.1. The number of rotatable bonds is 7. The van der Waals surface area contributed by atoms with Gasteiger partial charge in [0.25, 0.3) is 0 Å². The van der Waals surface area contributed by atoms with Gasteiger partial charge in [-0.05, 0) is 6.92 Å². The Hall–Kier alpha value is -1.16. The Morgan fingerprint density at radius 3 is 2.80 bits per heavy atom. The van der Waals surface area contributed by atoms with Crippen molar-refractivity contribution in [1.29, 1.82) is 0 Å². The maximum absolute atomic E-state index is 4.81. The van der Waals surface area contributed by atoms with Gasteiger partial charge in [0, 0.05) is 39.0 Å². The van der Waals surface area contributed by atoms with Crippen molar-refractivity contribution in [3.8, 4) is 0 Å². The molecule has 0 N–H and O–H groups in total. The summed E-state index contributed by atoms with van der Waals surface area (Å²) in [5, 5.41) is 0. The highest BCUT2D eigenvalue weighted by Crippen LogP contribution is 1.93. The van der Waals surface area contributed by atoms with E-state index in [-0.39, 0.29) is 5.92 Å². The number of hydrogen-bond acceptors (Lipinski definition) is 3. The fourth-order valence-electron chi connectivity index (χ4n) is 0.753. The van der Waals surface area contributed by atoms with Crippen LogP contribution >= 0.6 is 0 Å². The predicted molar refractivity (Wildman–Crippen MR) is 65.5 cm³/mol. The fourth-order valence-corrected chi connectivity index (χ4v) is 0.753. The van der Waals surface area contributed by atoms with E-state index in [9.17, 15) is 0 Å². The van der Waals surface area contributed by atoms with Crippen LogP contribution in [0.25, 0.3) is 0 Å². The Bertz CT molecular complexity index is 224. The molecule has 0 saturated heterocycles. The van der Waals surface area contributed by atoms with E-state index >= 15 is 0 Å². The Balaban J connectivity index is 3.80. The highest BCUT2D eigenvalue weighted by Gasteiger charge is 1.88. The minimum atomic E-state index is 0.282. The van der Waals surface area contributed by atoms with Crippen LogP contribution in [0.15, 0.2) is 22.3 Å². The summed E-state index contributed by atoms with van der Waals surface area (Å²) >= 11 is 0. The van der Waals surface area contributed by atoms with Gasteiger partial charge in [0.05, 0.1) is 6.34 Å². The Labute approximate surface area is 92.4 Å². The number of ether oxygens (including phenoxy) is 1. The quantitative estimate of drug-likeness (QED) is 0.475. The van der Waals surface area contributed by atoms with Gasteiger partial charge in [-0.25, -0.2) is 4.99 Å². The standard InChI is InChI=1S/C11H21N3O/c1-5-14(3)9-12-7-6-11(2)8-13-10-15-4/h6-9,11H,5,10H2,1-4H3/b7-6+,12-9?,13-8?. The van der Waals surface area contributed by atoms with E-state index in [1.807, 2.05) is 24.2 Å². The summed E-state index contributed by atoms with van der Waals surface area (Å²) < 4.78 is 4.81. The second kappa shape index (κ2) is 9.40. The van der Waals surface area contributed by atoms with Crippen molar-refractivity contribution in [2.75, 3.05) is 27.4 Å². The summed E-state index contributed by atoms with van der Waals surface area (Å²) in [6.07, 6.45) is 7.42. The molecule has 1 unspecified atom stereocenters. The van der Waals surface area contributed by atoms with E-state index in [0.29, 0.717) is 6.73 Å². The van der Waals surface area contributed by atoms with Crippen molar-refractivity contribution in [1.82, 2.24) is 4.90 Å². The zero-order valence-electron chi connectivity index (χ0n) is 10.1. The van der Waals surface area contributed by atoms with Crippen molar-refractivity contribution in [2.45, 2.75) is 13.8 Å². The molecule has 0 aliphatic rings. The van der Waals surface area contributed by atoms with Crippen LogP contribution < -0.4 is 0 Å². The van der Waals surface area contributed by atoms with Gasteiger partial charge in [-0.3, -0.25) is 4.99 Å². The first kappa shape index (κ1) is 13.8. The molecule has 4 nitrogen and oxygen atoms in total. The van der Waals surface area contributed by atoms with Crippen molar-refractivity contribution >= 4 is 12.6 Å². The van der Waals surface area contributed by atoms with E-state index < -0.39 is 0 Å². The molecule has 0 aromatic rings. The molecule has 0 amide bonds. The van der Waals surface area contributed by atoms with Gasteiger partial charge in [0.15, 0.2) is 0 Å². The Morgan fingerprint density at radius 1 is 1.47 bits per heavy atom. The van der Waals surface area contributed by atoms with Crippen LogP contribution in [0.5, 0.6) is 0 Å². The van der Waals surface area contributed by atoms with Crippen molar-refractivity contribution < 1.29 is 4.74 Å². The van der Waals surface area contributed by atoms with Gasteiger partial charge in [0.2, 0.25) is 0 Å². The van der Waals surface area contributed by atoms with Gasteiger partial charge in [-0.15, -0.1) is 0 Å². The fraction of sp³-hybridized carbons (Fsp3) is 0.636. The highest BCUT2D eigenvalue weighted by molar-refractivity contribution is 5.62. The van der Waals surface area contributed by atoms with E-state index in [0.717, 1.165) is 6.54 Å². The van der Waals surface area contributed by atoms with Gasteiger partial charge < -0.3 is 9.64 Å². The van der Waals surface area contributed by atoms with E-state index in [1.54, 1.807) is 19.6 Å². The summed E-state index contributed by atoms with van der Waals surface area (Å²) in [7, 11) is 3.61. The monoisotopic (exact) mass is 211 g/mol. The largest absolute Gasteiger partial charge is 0.366 e. The average molecular weight is 211 g/mol. The SMILES string of the molecule is CCN(C)C=N/C=C/C(C)C=NCOC. The number of hydrogen-bond donors (Lipinski definition) is 0. The van der Waals surface area contributed by atoms with E-state index in [1.165, 1.54) is 0 Å². The maximum Gasteiger partial charge on any atom is 0.136 e. The summed E-state index contributed by atoms with van der Waals surface area (Å²) in [6, 6.07) is 0. The molecule has 0 spiro atoms. The lowest BCUT2D eigenvalue weighted by Gasteiger charge is -2.06. The maximum atomic E-state index is 4.81. The zero-order chi connectivity index (χ0) is 11.5. The number of aliphatic imine (C=N–C) groups is 2. The minimum Gasteiger partial charge on any atom is -0.366 e. The highest BCUT2D eigenvalue weighted by atomic mass is 16.5. The van der Waals surface area contributed by atoms with Crippen LogP contribution in [-0.4, -0.2) is 44.9 Å². The molecule has 86 valence electrons. The number of allylic oxidation sites excluding steroid dienone is 1. The molecule has 0 saturated carbocycles. The molecule has 0 fully saturated rings. The van der Waals surface area contributed by atoms with Crippen molar-refractivity contribution in [3.05, 3.63) is 12.3 Å². The normalized spacial score (nSPS) is 14.4. The summed E-state index contributed by atoms with van der Waals surface area (Å²) in [5.74, 6) is 0.282. The molecule has 0 aromatic heterocycles. The topological polar surface area (TPSA) is 37.2 Å². The molecule has 0 aliphatic heterocycles. The molecule has 0 bridgehead atoms. The molecule has 0 heterocycles. The summed E-state index contributed by atoms with van der Waals surface area (Å²) in [6.45, 7) is 5.51. The van der Waals surface area contributed by atoms with Crippen LogP contribution in [0.2, 0.25) is 0 Å². The molecule has 0 rings (SSSR count). The van der Waals surface area contributed by atoms with Crippen LogP contribution in [-0.2, 0) is 4.74 Å². The van der Waals surface area contributed by atoms with Crippen molar-refractivity contribution in [3.63, 3.8) is 0 Å². The average Bonchev–Trinajstić information content (AvgIpc) is 2.24. The molecule has 4 heteroatoms. The molecule has 0 aliphatic carbocycles. The lowest BCUT2D eigenvalue weighted by atomic mass is 10.2. The smallest absolute Gasteiger partial charge is 0.136 e. The third-order valence-electron chi connectivity index (χ3n) is 1.78. The molecule has 0 aromatic carbocycles. The molecule has 0 radical (unpaired) electrons. The van der Waals surface area contributed by atoms with Crippen LogP contribution in [0.1, 0.15) is 13.8 Å². The second-order valence-electron chi connectivity index (χ2n) is 3.29. The van der Waals surface area contributed by atoms with Gasteiger partial charge >= 0.3 is 0 Å². The second-order valence-corrected chi connectivity index (χ2v) is 3.29. The van der Waals surface area contributed by atoms with E-state index in [2.05, 4.69) is 23.8 Å². The summed E-state index contributed by atoms with van der Waals surface area (Å²) in [4.78, 5) is 10.2. The van der Waals surface area contributed by atoms with Gasteiger partial charge in [-0.2, -0.15) is 0 Å². The van der Waals surface area contributed by atoms with Crippen LogP contribution in [0.4, 0.5) is 0 Å². The lowest BCUT2D eigenvalue weighted by molar-refractivity contribution is 0.209. The first-order valence-electron chi connectivity index (χ1n) is 5.09. The molecular formula is C11H21N3O. The van der Waals surface area contributed by atoms with Crippen molar-refractivity contribution in [2.24, 2.45) is 15.9 Å². The molecule has 1 atom stereocenters. The minimum absolute atomic E-state index is 0.282. The predicted octanol–water partition coefficient (Wildman–Crippen LogP) is 1.79. The molecular weight excluding hydrogens is 190 g/mol.